The number of aryl methyl sites for hydroxylation is 1. The Morgan fingerprint density at radius 1 is 1.16 bits per heavy atom. The average molecular weight is 255 g/mol. The summed E-state index contributed by atoms with van der Waals surface area (Å²) in [5.74, 6) is 2.08. The molecule has 0 radical (unpaired) electrons. The van der Waals surface area contributed by atoms with Crippen molar-refractivity contribution in [3.63, 3.8) is 0 Å². The van der Waals surface area contributed by atoms with E-state index < -0.39 is 0 Å². The van der Waals surface area contributed by atoms with Crippen LogP contribution in [0, 0.1) is 6.92 Å². The van der Waals surface area contributed by atoms with Gasteiger partial charge in [0.15, 0.2) is 11.5 Å². The molecule has 3 heteroatoms. The molecule has 3 rings (SSSR count). The predicted molar refractivity (Wildman–Crippen MR) is 74.6 cm³/mol. The Balaban J connectivity index is 2.22. The van der Waals surface area contributed by atoms with Gasteiger partial charge in [0.25, 0.3) is 0 Å². The van der Waals surface area contributed by atoms with Gasteiger partial charge >= 0.3 is 0 Å². The number of pyridine rings is 1. The van der Waals surface area contributed by atoms with Crippen molar-refractivity contribution in [3.05, 3.63) is 41.7 Å². The first kappa shape index (κ1) is 12.0. The molecule has 1 aromatic heterocycles. The van der Waals surface area contributed by atoms with E-state index in [4.69, 9.17) is 9.47 Å². The second kappa shape index (κ2) is 4.57. The van der Waals surface area contributed by atoms with Crippen LogP contribution in [0.15, 0.2) is 30.5 Å². The van der Waals surface area contributed by atoms with Crippen LogP contribution in [0.5, 0.6) is 11.5 Å². The third-order valence-corrected chi connectivity index (χ3v) is 3.38. The second-order valence-corrected chi connectivity index (χ2v) is 5.11. The molecule has 19 heavy (non-hydrogen) atoms. The van der Waals surface area contributed by atoms with Gasteiger partial charge in [-0.3, -0.25) is 4.98 Å². The first-order valence-corrected chi connectivity index (χ1v) is 6.52. The fraction of sp³-hybridized carbons (Fsp3) is 0.312. The predicted octanol–water partition coefficient (Wildman–Crippen LogP) is 3.91. The number of hydrogen-bond donors (Lipinski definition) is 0. The highest BCUT2D eigenvalue weighted by molar-refractivity contribution is 5.77. The molecule has 2 aromatic rings. The summed E-state index contributed by atoms with van der Waals surface area (Å²) in [5.41, 5.74) is 4.51. The SMILES string of the molecule is Cc1cc(-c2cccc3c2OCO3)c(C(C)C)cn1. The summed E-state index contributed by atoms with van der Waals surface area (Å²) in [6.07, 6.45) is 1.96. The van der Waals surface area contributed by atoms with Gasteiger partial charge in [0.1, 0.15) is 0 Å². The van der Waals surface area contributed by atoms with E-state index in [1.807, 2.05) is 25.3 Å². The summed E-state index contributed by atoms with van der Waals surface area (Å²) in [4.78, 5) is 4.41. The smallest absolute Gasteiger partial charge is 0.231 e. The Morgan fingerprint density at radius 3 is 2.79 bits per heavy atom. The van der Waals surface area contributed by atoms with Gasteiger partial charge in [0.2, 0.25) is 6.79 Å². The highest BCUT2D eigenvalue weighted by atomic mass is 16.7. The quantitative estimate of drug-likeness (QED) is 0.815. The third kappa shape index (κ3) is 2.05. The molecule has 0 atom stereocenters. The Bertz CT molecular complexity index is 620. The van der Waals surface area contributed by atoms with Crippen LogP contribution < -0.4 is 9.47 Å². The summed E-state index contributed by atoms with van der Waals surface area (Å²) in [7, 11) is 0. The van der Waals surface area contributed by atoms with E-state index in [2.05, 4.69) is 31.0 Å². The first-order valence-electron chi connectivity index (χ1n) is 6.52. The van der Waals surface area contributed by atoms with Crippen molar-refractivity contribution in [2.24, 2.45) is 0 Å². The number of aromatic nitrogens is 1. The van der Waals surface area contributed by atoms with Crippen molar-refractivity contribution < 1.29 is 9.47 Å². The van der Waals surface area contributed by atoms with E-state index in [0.29, 0.717) is 12.7 Å². The molecule has 0 spiro atoms. The molecular weight excluding hydrogens is 238 g/mol. The number of nitrogens with zero attached hydrogens (tertiary/aromatic N) is 1. The van der Waals surface area contributed by atoms with E-state index in [9.17, 15) is 0 Å². The minimum absolute atomic E-state index is 0.299. The first-order chi connectivity index (χ1) is 9.16. The van der Waals surface area contributed by atoms with Gasteiger partial charge in [-0.25, -0.2) is 0 Å². The number of para-hydroxylation sites is 1. The summed E-state index contributed by atoms with van der Waals surface area (Å²) in [6.45, 7) is 6.66. The van der Waals surface area contributed by atoms with Crippen molar-refractivity contribution in [1.29, 1.82) is 0 Å². The minimum Gasteiger partial charge on any atom is -0.454 e. The van der Waals surface area contributed by atoms with E-state index >= 15 is 0 Å². The van der Waals surface area contributed by atoms with Crippen LogP contribution in [-0.2, 0) is 0 Å². The molecule has 0 fully saturated rings. The molecule has 1 aliphatic heterocycles. The highest BCUT2D eigenvalue weighted by Crippen LogP contribution is 2.43. The number of rotatable bonds is 2. The molecule has 0 N–H and O–H groups in total. The lowest BCUT2D eigenvalue weighted by Gasteiger charge is -2.14. The third-order valence-electron chi connectivity index (χ3n) is 3.38. The van der Waals surface area contributed by atoms with Crippen LogP contribution in [-0.4, -0.2) is 11.8 Å². The van der Waals surface area contributed by atoms with E-state index in [1.54, 1.807) is 0 Å². The average Bonchev–Trinajstić information content (AvgIpc) is 2.86. The topological polar surface area (TPSA) is 31.4 Å². The van der Waals surface area contributed by atoms with Gasteiger partial charge < -0.3 is 9.47 Å². The van der Waals surface area contributed by atoms with E-state index in [1.165, 1.54) is 11.1 Å². The van der Waals surface area contributed by atoms with Crippen LogP contribution in [0.3, 0.4) is 0 Å². The van der Waals surface area contributed by atoms with Gasteiger partial charge in [-0.15, -0.1) is 0 Å². The summed E-state index contributed by atoms with van der Waals surface area (Å²) >= 11 is 0. The zero-order valence-corrected chi connectivity index (χ0v) is 11.4. The number of ether oxygens (including phenoxy) is 2. The lowest BCUT2D eigenvalue weighted by molar-refractivity contribution is 0.174. The minimum atomic E-state index is 0.299. The van der Waals surface area contributed by atoms with Crippen molar-refractivity contribution in [2.75, 3.05) is 6.79 Å². The van der Waals surface area contributed by atoms with E-state index in [-0.39, 0.29) is 0 Å². The Hall–Kier alpha value is -2.03. The number of hydrogen-bond acceptors (Lipinski definition) is 3. The molecule has 0 unspecified atom stereocenters. The van der Waals surface area contributed by atoms with Gasteiger partial charge in [-0.1, -0.05) is 26.0 Å². The molecule has 1 aliphatic rings. The number of fused-ring (bicyclic) bond motifs is 1. The van der Waals surface area contributed by atoms with Crippen molar-refractivity contribution in [2.45, 2.75) is 26.7 Å². The fourth-order valence-electron chi connectivity index (χ4n) is 2.41. The summed E-state index contributed by atoms with van der Waals surface area (Å²) in [6, 6.07) is 8.14. The molecule has 2 heterocycles. The van der Waals surface area contributed by atoms with Gasteiger partial charge in [0, 0.05) is 17.5 Å². The van der Waals surface area contributed by atoms with Gasteiger partial charge in [-0.05, 0) is 36.1 Å². The standard InChI is InChI=1S/C16H17NO2/c1-10(2)14-8-17-11(3)7-13(14)12-5-4-6-15-16(12)19-9-18-15/h4-8,10H,9H2,1-3H3. The van der Waals surface area contributed by atoms with Crippen LogP contribution in [0.2, 0.25) is 0 Å². The lowest BCUT2D eigenvalue weighted by atomic mass is 9.93. The van der Waals surface area contributed by atoms with Crippen molar-refractivity contribution >= 4 is 0 Å². The Morgan fingerprint density at radius 2 is 2.00 bits per heavy atom. The Labute approximate surface area is 113 Å². The zero-order valence-electron chi connectivity index (χ0n) is 11.4. The molecule has 0 aliphatic carbocycles. The van der Waals surface area contributed by atoms with Crippen LogP contribution in [0.25, 0.3) is 11.1 Å². The largest absolute Gasteiger partial charge is 0.454 e. The second-order valence-electron chi connectivity index (χ2n) is 5.11. The molecule has 0 amide bonds. The maximum absolute atomic E-state index is 5.62. The highest BCUT2D eigenvalue weighted by Gasteiger charge is 2.20. The maximum atomic E-state index is 5.62. The molecule has 3 nitrogen and oxygen atoms in total. The summed E-state index contributed by atoms with van der Waals surface area (Å²) < 4.78 is 11.1. The molecule has 1 aromatic carbocycles. The molecule has 0 saturated carbocycles. The normalized spacial score (nSPS) is 13.1. The molecule has 0 saturated heterocycles. The van der Waals surface area contributed by atoms with Crippen LogP contribution in [0.1, 0.15) is 31.0 Å². The summed E-state index contributed by atoms with van der Waals surface area (Å²) in [5, 5.41) is 0. The van der Waals surface area contributed by atoms with E-state index in [0.717, 1.165) is 22.8 Å². The van der Waals surface area contributed by atoms with Crippen LogP contribution >= 0.6 is 0 Å². The molecular formula is C16H17NO2. The molecule has 98 valence electrons. The Kier molecular flexibility index (Phi) is 2.90. The lowest BCUT2D eigenvalue weighted by Crippen LogP contribution is -1.97. The monoisotopic (exact) mass is 255 g/mol. The fourth-order valence-corrected chi connectivity index (χ4v) is 2.41. The van der Waals surface area contributed by atoms with Crippen molar-refractivity contribution in [1.82, 2.24) is 4.98 Å². The zero-order chi connectivity index (χ0) is 13.4. The maximum Gasteiger partial charge on any atom is 0.231 e. The van der Waals surface area contributed by atoms with Crippen molar-refractivity contribution in [3.8, 4) is 22.6 Å². The molecule has 0 bridgehead atoms. The van der Waals surface area contributed by atoms with Crippen LogP contribution in [0.4, 0.5) is 0 Å². The number of benzene rings is 1. The van der Waals surface area contributed by atoms with Gasteiger partial charge in [0.05, 0.1) is 0 Å². The van der Waals surface area contributed by atoms with Gasteiger partial charge in [-0.2, -0.15) is 0 Å².